The molecule has 3 N–H and O–H groups in total. The van der Waals surface area contributed by atoms with Crippen LogP contribution in [-0.4, -0.2) is 16.7 Å². The number of nitrogens with one attached hydrogen (secondary N) is 1. The molecule has 2 aromatic rings. The summed E-state index contributed by atoms with van der Waals surface area (Å²) in [4.78, 5) is 7.53. The molecule has 1 aliphatic rings. The lowest BCUT2D eigenvalue weighted by Crippen LogP contribution is -2.15. The van der Waals surface area contributed by atoms with E-state index in [2.05, 4.69) is 22.1 Å². The van der Waals surface area contributed by atoms with Crippen LogP contribution in [0.2, 0.25) is 0 Å². The quantitative estimate of drug-likeness (QED) is 0.687. The van der Waals surface area contributed by atoms with Crippen LogP contribution in [0.4, 0.5) is 0 Å². The molecular weight excluding hydrogens is 194 g/mol. The Kier molecular flexibility index (Phi) is 1.65. The van der Waals surface area contributed by atoms with E-state index in [0.29, 0.717) is 0 Å². The van der Waals surface area contributed by atoms with Crippen molar-refractivity contribution in [3.8, 4) is 0 Å². The Morgan fingerprint density at radius 1 is 1.36 bits per heavy atom. The van der Waals surface area contributed by atoms with Gasteiger partial charge < -0.3 is 10.7 Å². The van der Waals surface area contributed by atoms with Crippen molar-refractivity contribution < 1.29 is 0 Å². The van der Waals surface area contributed by atoms with E-state index in [1.54, 1.807) is 11.8 Å². The molecule has 3 rings (SSSR count). The molecule has 0 aliphatic carbocycles. The number of nitrogens with two attached hydrogens (primary N) is 1. The summed E-state index contributed by atoms with van der Waals surface area (Å²) in [6, 6.07) is 8.21. The molecule has 1 aliphatic heterocycles. The lowest BCUT2D eigenvalue weighted by atomic mass is 10.2. The molecule has 1 aromatic heterocycles. The minimum absolute atomic E-state index is 0.171. The maximum Gasteiger partial charge on any atom is 0.150 e. The molecule has 0 fully saturated rings. The first-order valence-electron chi connectivity index (χ1n) is 4.41. The van der Waals surface area contributed by atoms with Crippen molar-refractivity contribution in [1.82, 2.24) is 4.98 Å². The van der Waals surface area contributed by atoms with Crippen molar-refractivity contribution in [1.29, 1.82) is 0 Å². The Balaban J connectivity index is 2.32. The normalized spacial score (nSPS) is 19.9. The smallest absolute Gasteiger partial charge is 0.150 e. The van der Waals surface area contributed by atoms with E-state index in [1.165, 1.54) is 5.39 Å². The Morgan fingerprint density at radius 3 is 3.14 bits per heavy atom. The van der Waals surface area contributed by atoms with E-state index < -0.39 is 0 Å². The highest BCUT2D eigenvalue weighted by Crippen LogP contribution is 2.32. The second-order valence-corrected chi connectivity index (χ2v) is 4.33. The number of aromatic nitrogens is 1. The lowest BCUT2D eigenvalue weighted by Gasteiger charge is -2.09. The summed E-state index contributed by atoms with van der Waals surface area (Å²) in [6.07, 6.45) is 1.86. The first kappa shape index (κ1) is 8.08. The summed E-state index contributed by atoms with van der Waals surface area (Å²) < 4.78 is 0. The van der Waals surface area contributed by atoms with E-state index in [-0.39, 0.29) is 5.50 Å². The number of nitrogens with zero attached hydrogens (tertiary/aromatic N) is 1. The average Bonchev–Trinajstić information content (AvgIpc) is 2.54. The van der Waals surface area contributed by atoms with Crippen molar-refractivity contribution in [2.75, 3.05) is 0 Å². The van der Waals surface area contributed by atoms with Gasteiger partial charge in [0.1, 0.15) is 5.50 Å². The number of hydrogen-bond acceptors (Lipinski definition) is 3. The van der Waals surface area contributed by atoms with Gasteiger partial charge in [-0.3, -0.25) is 4.99 Å². The minimum atomic E-state index is -0.171. The Morgan fingerprint density at radius 2 is 2.21 bits per heavy atom. The Labute approximate surface area is 85.4 Å². The predicted octanol–water partition coefficient (Wildman–Crippen LogP) is 1.93. The highest BCUT2D eigenvalue weighted by atomic mass is 32.2. The molecule has 0 saturated heterocycles. The number of rotatable bonds is 0. The molecule has 70 valence electrons. The van der Waals surface area contributed by atoms with Gasteiger partial charge >= 0.3 is 0 Å². The van der Waals surface area contributed by atoms with Crippen molar-refractivity contribution in [2.24, 2.45) is 10.7 Å². The van der Waals surface area contributed by atoms with Gasteiger partial charge in [-0.2, -0.15) is 0 Å². The summed E-state index contributed by atoms with van der Waals surface area (Å²) >= 11 is 1.56. The molecule has 0 radical (unpaired) electrons. The molecule has 0 bridgehead atoms. The van der Waals surface area contributed by atoms with Crippen LogP contribution >= 0.6 is 11.8 Å². The van der Waals surface area contributed by atoms with Crippen molar-refractivity contribution in [2.45, 2.75) is 10.5 Å². The van der Waals surface area contributed by atoms with E-state index in [9.17, 15) is 0 Å². The molecular formula is C10H9N3S. The van der Waals surface area contributed by atoms with Crippen molar-refractivity contribution >= 4 is 28.9 Å². The largest absolute Gasteiger partial charge is 0.349 e. The topological polar surface area (TPSA) is 54.2 Å². The van der Waals surface area contributed by atoms with Crippen LogP contribution in [0.5, 0.6) is 0 Å². The third-order valence-corrected chi connectivity index (χ3v) is 3.22. The van der Waals surface area contributed by atoms with Gasteiger partial charge in [-0.15, -0.1) is 0 Å². The summed E-state index contributed by atoms with van der Waals surface area (Å²) in [5.41, 5.74) is 7.85. The third kappa shape index (κ3) is 1.08. The number of para-hydroxylation sites is 1. The second kappa shape index (κ2) is 2.87. The molecule has 2 heterocycles. The number of H-pyrrole nitrogens is 1. The minimum Gasteiger partial charge on any atom is -0.349 e. The molecule has 14 heavy (non-hydrogen) atoms. The first-order valence-corrected chi connectivity index (χ1v) is 5.29. The van der Waals surface area contributed by atoms with E-state index in [0.717, 1.165) is 16.1 Å². The van der Waals surface area contributed by atoms with Gasteiger partial charge in [0.2, 0.25) is 0 Å². The first-order chi connectivity index (χ1) is 6.84. The summed E-state index contributed by atoms with van der Waals surface area (Å²) in [7, 11) is 0. The van der Waals surface area contributed by atoms with E-state index >= 15 is 0 Å². The maximum absolute atomic E-state index is 5.72. The van der Waals surface area contributed by atoms with E-state index in [1.807, 2.05) is 18.3 Å². The SMILES string of the molecule is NC1N=Cc2c([nH]c3ccccc23)S1. The zero-order valence-corrected chi connectivity index (χ0v) is 8.21. The molecule has 4 heteroatoms. The molecule has 0 amide bonds. The van der Waals surface area contributed by atoms with Gasteiger partial charge in [0.25, 0.3) is 0 Å². The fourth-order valence-corrected chi connectivity index (χ4v) is 2.48. The van der Waals surface area contributed by atoms with Gasteiger partial charge in [0, 0.05) is 22.7 Å². The van der Waals surface area contributed by atoms with Crippen LogP contribution in [-0.2, 0) is 0 Å². The fourth-order valence-electron chi connectivity index (χ4n) is 1.66. The molecule has 3 nitrogen and oxygen atoms in total. The molecule has 0 saturated carbocycles. The Hall–Kier alpha value is -1.26. The number of hydrogen-bond donors (Lipinski definition) is 2. The average molecular weight is 203 g/mol. The van der Waals surface area contributed by atoms with Crippen LogP contribution < -0.4 is 5.73 Å². The molecule has 1 atom stereocenters. The monoisotopic (exact) mass is 203 g/mol. The predicted molar refractivity (Wildman–Crippen MR) is 59.7 cm³/mol. The number of aromatic amines is 1. The van der Waals surface area contributed by atoms with Crippen molar-refractivity contribution in [3.63, 3.8) is 0 Å². The van der Waals surface area contributed by atoms with Gasteiger partial charge in [-0.1, -0.05) is 30.0 Å². The fraction of sp³-hybridized carbons (Fsp3) is 0.100. The summed E-state index contributed by atoms with van der Waals surface area (Å²) in [6.45, 7) is 0. The zero-order chi connectivity index (χ0) is 9.54. The van der Waals surface area contributed by atoms with Crippen LogP contribution in [0.3, 0.4) is 0 Å². The van der Waals surface area contributed by atoms with Crippen LogP contribution in [0, 0.1) is 0 Å². The summed E-state index contributed by atoms with van der Waals surface area (Å²) in [5, 5.41) is 2.33. The molecule has 1 aromatic carbocycles. The van der Waals surface area contributed by atoms with Gasteiger partial charge in [-0.05, 0) is 6.07 Å². The zero-order valence-electron chi connectivity index (χ0n) is 7.40. The highest BCUT2D eigenvalue weighted by Gasteiger charge is 2.16. The van der Waals surface area contributed by atoms with E-state index in [4.69, 9.17) is 5.73 Å². The summed E-state index contributed by atoms with van der Waals surface area (Å²) in [5.74, 6) is 0. The maximum atomic E-state index is 5.72. The number of benzene rings is 1. The third-order valence-electron chi connectivity index (χ3n) is 2.30. The Bertz CT molecular complexity index is 515. The van der Waals surface area contributed by atoms with Crippen LogP contribution in [0.25, 0.3) is 10.9 Å². The van der Waals surface area contributed by atoms with Gasteiger partial charge in [0.05, 0.1) is 5.03 Å². The van der Waals surface area contributed by atoms with Crippen LogP contribution in [0.1, 0.15) is 5.56 Å². The second-order valence-electron chi connectivity index (χ2n) is 3.20. The molecule has 1 unspecified atom stereocenters. The van der Waals surface area contributed by atoms with Gasteiger partial charge in [-0.25, -0.2) is 0 Å². The van der Waals surface area contributed by atoms with Gasteiger partial charge in [0.15, 0.2) is 0 Å². The number of thioether (sulfide) groups is 1. The number of aliphatic imine (C=N–C) groups is 1. The molecule has 0 spiro atoms. The van der Waals surface area contributed by atoms with Crippen LogP contribution in [0.15, 0.2) is 34.3 Å². The standard InChI is InChI=1S/C10H9N3S/c11-10-12-5-7-6-3-1-2-4-8(6)13-9(7)14-10/h1-5,10,13H,11H2. The number of fused-ring (bicyclic) bond motifs is 3. The lowest BCUT2D eigenvalue weighted by molar-refractivity contribution is 0.975. The van der Waals surface area contributed by atoms with Crippen molar-refractivity contribution in [3.05, 3.63) is 29.8 Å². The highest BCUT2D eigenvalue weighted by molar-refractivity contribution is 8.00.